The van der Waals surface area contributed by atoms with Crippen molar-refractivity contribution in [2.24, 2.45) is 29.6 Å². The van der Waals surface area contributed by atoms with Gasteiger partial charge < -0.3 is 43.9 Å². The van der Waals surface area contributed by atoms with Gasteiger partial charge in [-0.2, -0.15) is 0 Å². The van der Waals surface area contributed by atoms with Crippen molar-refractivity contribution in [2.45, 2.75) is 180 Å². The molecule has 4 aliphatic rings. The van der Waals surface area contributed by atoms with Crippen LogP contribution in [-0.2, 0) is 47.7 Å². The molecular formula is C46H73NO13. The number of fused-ring (bicyclic) bond motifs is 3. The van der Waals surface area contributed by atoms with Gasteiger partial charge in [0.1, 0.15) is 30.1 Å². The molecule has 0 aromatic rings. The first kappa shape index (κ1) is 49.8. The van der Waals surface area contributed by atoms with Crippen LogP contribution in [0.2, 0.25) is 0 Å². The van der Waals surface area contributed by atoms with E-state index >= 15 is 0 Å². The number of aliphatic hydroxyl groups is 3. The molecule has 14 heteroatoms. The Labute approximate surface area is 356 Å². The first-order valence-electron chi connectivity index (χ1n) is 22.2. The number of methoxy groups -OCH3 is 3. The van der Waals surface area contributed by atoms with E-state index in [0.29, 0.717) is 63.4 Å². The number of cyclic esters (lactones) is 1. The zero-order chi connectivity index (χ0) is 44.5. The van der Waals surface area contributed by atoms with Crippen molar-refractivity contribution in [3.63, 3.8) is 0 Å². The number of hydrogen-bond acceptors (Lipinski definition) is 13. The lowest BCUT2D eigenvalue weighted by Gasteiger charge is -2.42. The molecule has 340 valence electrons. The largest absolute Gasteiger partial charge is 0.460 e. The van der Waals surface area contributed by atoms with Gasteiger partial charge in [-0.05, 0) is 107 Å². The van der Waals surface area contributed by atoms with Crippen LogP contribution in [0.3, 0.4) is 0 Å². The van der Waals surface area contributed by atoms with E-state index in [2.05, 4.69) is 0 Å². The smallest absolute Gasteiger partial charge is 0.329 e. The monoisotopic (exact) mass is 848 g/mol. The van der Waals surface area contributed by atoms with Gasteiger partial charge in [0, 0.05) is 59.0 Å². The molecule has 3 N–H and O–H groups in total. The predicted octanol–water partition coefficient (Wildman–Crippen LogP) is 4.82. The molecular weight excluding hydrogens is 774 g/mol. The van der Waals surface area contributed by atoms with Gasteiger partial charge in [-0.15, -0.1) is 0 Å². The molecule has 3 aliphatic heterocycles. The fourth-order valence-electron chi connectivity index (χ4n) is 9.76. The molecule has 0 spiro atoms. The van der Waals surface area contributed by atoms with Gasteiger partial charge in [0.15, 0.2) is 5.78 Å². The molecule has 14 nitrogen and oxygen atoms in total. The minimum Gasteiger partial charge on any atom is -0.460 e. The van der Waals surface area contributed by atoms with Crippen molar-refractivity contribution >= 4 is 29.2 Å². The van der Waals surface area contributed by atoms with E-state index in [1.165, 1.54) is 12.0 Å². The Balaban J connectivity index is 1.69. The van der Waals surface area contributed by atoms with Crippen LogP contribution in [0.4, 0.5) is 0 Å². The molecule has 0 aromatic heterocycles. The number of piperidine rings is 1. The maximum absolute atomic E-state index is 14.2. The molecule has 1 aliphatic carbocycles. The second-order valence-corrected chi connectivity index (χ2v) is 18.3. The van der Waals surface area contributed by atoms with E-state index in [4.69, 9.17) is 23.7 Å². The summed E-state index contributed by atoms with van der Waals surface area (Å²) in [4.78, 5) is 71.0. The van der Waals surface area contributed by atoms with Crippen molar-refractivity contribution in [3.8, 4) is 0 Å². The van der Waals surface area contributed by atoms with Gasteiger partial charge >= 0.3 is 5.97 Å². The Morgan fingerprint density at radius 1 is 0.883 bits per heavy atom. The van der Waals surface area contributed by atoms with Crippen LogP contribution in [0.1, 0.15) is 125 Å². The number of aliphatic hydroxyl groups excluding tert-OH is 2. The minimum atomic E-state index is -2.43. The molecule has 1 saturated carbocycles. The van der Waals surface area contributed by atoms with E-state index in [9.17, 15) is 39.3 Å². The molecule has 60 heavy (non-hydrogen) atoms. The van der Waals surface area contributed by atoms with Crippen molar-refractivity contribution in [1.82, 2.24) is 4.90 Å². The second kappa shape index (κ2) is 22.5. The van der Waals surface area contributed by atoms with Crippen LogP contribution in [0.5, 0.6) is 0 Å². The van der Waals surface area contributed by atoms with E-state index in [1.807, 2.05) is 26.8 Å². The number of carbonyl (C=O) groups is 5. The molecule has 2 saturated heterocycles. The van der Waals surface area contributed by atoms with Crippen LogP contribution in [0.25, 0.3) is 0 Å². The molecule has 14 atom stereocenters. The standard InChI is InChI=1S/C46H73NO13/c1-26-20-28(3)37(56-7)25-34-17-14-31(6)46(55,60-34)43(52)44(53)47-19-11-10-12-35(47)45(54)59-38(29(4)22-32-15-18-36(49)39(23-32)57-8)24-33(48)16-13-27(2)40(50)42(58-9)41(51)30(5)21-26/h13,20,26,29-32,34-40,42,49-50,55H,10-12,14-19,21-25H2,1-9H3/b27-13-,28-20-/t26-,29-,30-,31-,32+,34+,35+,36-,37+,38+,39-,40-,42-,46-/m1/s1. The normalized spacial score (nSPS) is 40.2. The van der Waals surface area contributed by atoms with Crippen molar-refractivity contribution < 1.29 is 63.0 Å². The third-order valence-electron chi connectivity index (χ3n) is 13.7. The Morgan fingerprint density at radius 3 is 2.27 bits per heavy atom. The van der Waals surface area contributed by atoms with Gasteiger partial charge in [-0.3, -0.25) is 19.2 Å². The summed E-state index contributed by atoms with van der Waals surface area (Å²) in [5.41, 5.74) is 1.26. The highest BCUT2D eigenvalue weighted by atomic mass is 16.6. The van der Waals surface area contributed by atoms with Crippen LogP contribution in [0.15, 0.2) is 23.3 Å². The fraction of sp³-hybridized carbons (Fsp3) is 0.804. The summed E-state index contributed by atoms with van der Waals surface area (Å²) in [5.74, 6) is -7.31. The highest BCUT2D eigenvalue weighted by molar-refractivity contribution is 6.39. The summed E-state index contributed by atoms with van der Waals surface area (Å²) < 4.78 is 29.3. The molecule has 4 rings (SSSR count). The summed E-state index contributed by atoms with van der Waals surface area (Å²) in [5, 5.41) is 33.6. The third-order valence-corrected chi connectivity index (χ3v) is 13.7. The second-order valence-electron chi connectivity index (χ2n) is 18.3. The highest BCUT2D eigenvalue weighted by Crippen LogP contribution is 2.38. The number of Topliss-reactive ketones (excluding diaryl/α,β-unsaturated/α-hetero) is 3. The van der Waals surface area contributed by atoms with Crippen LogP contribution in [-0.4, -0.2) is 132 Å². The van der Waals surface area contributed by atoms with Crippen molar-refractivity contribution in [3.05, 3.63) is 23.3 Å². The van der Waals surface area contributed by atoms with Gasteiger partial charge in [-0.25, -0.2) is 4.79 Å². The number of carbonyl (C=O) groups excluding carboxylic acids is 5. The summed E-state index contributed by atoms with van der Waals surface area (Å²) in [6.07, 6.45) is 3.51. The summed E-state index contributed by atoms with van der Waals surface area (Å²) >= 11 is 0. The van der Waals surface area contributed by atoms with Crippen molar-refractivity contribution in [1.29, 1.82) is 0 Å². The number of hydrogen-bond donors (Lipinski definition) is 3. The first-order chi connectivity index (χ1) is 28.3. The summed E-state index contributed by atoms with van der Waals surface area (Å²) in [6, 6.07) is -1.12. The van der Waals surface area contributed by atoms with Crippen molar-refractivity contribution in [2.75, 3.05) is 27.9 Å². The van der Waals surface area contributed by atoms with E-state index in [1.54, 1.807) is 41.1 Å². The fourth-order valence-corrected chi connectivity index (χ4v) is 9.76. The maximum Gasteiger partial charge on any atom is 0.329 e. The Hall–Kier alpha value is -2.85. The highest BCUT2D eigenvalue weighted by Gasteiger charge is 2.53. The van der Waals surface area contributed by atoms with Crippen LogP contribution >= 0.6 is 0 Å². The summed E-state index contributed by atoms with van der Waals surface area (Å²) in [6.45, 7) is 11.0. The van der Waals surface area contributed by atoms with E-state index < -0.39 is 77.9 Å². The van der Waals surface area contributed by atoms with E-state index in [0.717, 1.165) is 12.0 Å². The summed E-state index contributed by atoms with van der Waals surface area (Å²) in [7, 11) is 4.50. The number of amides is 1. The Kier molecular flexibility index (Phi) is 18.7. The lowest BCUT2D eigenvalue weighted by Crippen LogP contribution is -2.61. The Bertz CT molecular complexity index is 1560. The number of rotatable bonds is 6. The van der Waals surface area contributed by atoms with E-state index in [-0.39, 0.29) is 61.2 Å². The lowest BCUT2D eigenvalue weighted by atomic mass is 9.78. The quantitative estimate of drug-likeness (QED) is 0.187. The zero-order valence-electron chi connectivity index (χ0n) is 37.4. The Morgan fingerprint density at radius 2 is 1.60 bits per heavy atom. The van der Waals surface area contributed by atoms with Gasteiger partial charge in [-0.1, -0.05) is 39.8 Å². The van der Waals surface area contributed by atoms with Crippen LogP contribution < -0.4 is 0 Å². The zero-order valence-corrected chi connectivity index (χ0v) is 37.4. The minimum absolute atomic E-state index is 0.0766. The number of esters is 1. The number of ketones is 3. The average Bonchev–Trinajstić information content (AvgIpc) is 3.22. The molecule has 3 fully saturated rings. The third kappa shape index (κ3) is 12.4. The number of nitrogens with zero attached hydrogens (tertiary/aromatic N) is 1. The van der Waals surface area contributed by atoms with Crippen LogP contribution in [0, 0.1) is 29.6 Å². The molecule has 1 amide bonds. The number of ether oxygens (including phenoxy) is 5. The first-order valence-corrected chi connectivity index (χ1v) is 22.2. The topological polar surface area (TPSA) is 195 Å². The number of allylic oxidation sites excluding steroid dienone is 2. The average molecular weight is 848 g/mol. The molecule has 0 unspecified atom stereocenters. The molecule has 3 heterocycles. The lowest BCUT2D eigenvalue weighted by molar-refractivity contribution is -0.265. The SMILES string of the molecule is CO[C@H]1C[C@@H]2CC[C@@H](C)[C@@](O)(O2)C(=O)C(=O)N2CCCC[C@H]2C(=O)O[C@H]([C@H](C)C[C@@H]2CC[C@@H](O)[C@H](OC)C2)CC(=O)C/C=C(/C)[C@@H](O)[C@@H](OC)C(=O)[C@H](C)C[C@H](C)/C=C\1C. The van der Waals surface area contributed by atoms with Gasteiger partial charge in [0.25, 0.3) is 11.7 Å². The predicted molar refractivity (Wildman–Crippen MR) is 222 cm³/mol. The molecule has 2 bridgehead atoms. The van der Waals surface area contributed by atoms with Gasteiger partial charge in [0.2, 0.25) is 5.79 Å². The molecule has 0 radical (unpaired) electrons. The molecule has 0 aromatic carbocycles. The van der Waals surface area contributed by atoms with Gasteiger partial charge in [0.05, 0.1) is 24.4 Å². The maximum atomic E-state index is 14.2.